The molecular formula is C18H18N4O2S. The Hall–Kier alpha value is -2.25. The number of anilines is 1. The normalized spacial score (nSPS) is 17.2. The molecule has 3 aromatic rings. The van der Waals surface area contributed by atoms with Crippen molar-refractivity contribution in [1.82, 2.24) is 15.0 Å². The molecule has 0 unspecified atom stereocenters. The Morgan fingerprint density at radius 1 is 1.20 bits per heavy atom. The Balaban J connectivity index is 1.51. The zero-order valence-electron chi connectivity index (χ0n) is 13.7. The van der Waals surface area contributed by atoms with E-state index >= 15 is 0 Å². The van der Waals surface area contributed by atoms with Gasteiger partial charge in [-0.3, -0.25) is 4.79 Å². The van der Waals surface area contributed by atoms with E-state index in [0.29, 0.717) is 5.82 Å². The number of fused-ring (bicyclic) bond motifs is 3. The van der Waals surface area contributed by atoms with Gasteiger partial charge in [0.25, 0.3) is 5.56 Å². The van der Waals surface area contributed by atoms with Crippen molar-refractivity contribution in [2.45, 2.75) is 19.3 Å². The number of hydrogen-bond acceptors (Lipinski definition) is 6. The summed E-state index contributed by atoms with van der Waals surface area (Å²) in [5, 5.41) is 0.791. The predicted octanol–water partition coefficient (Wildman–Crippen LogP) is 2.37. The first-order chi connectivity index (χ1) is 12.3. The van der Waals surface area contributed by atoms with E-state index in [1.807, 2.05) is 12.1 Å². The van der Waals surface area contributed by atoms with E-state index in [1.165, 1.54) is 10.4 Å². The summed E-state index contributed by atoms with van der Waals surface area (Å²) in [6.07, 6.45) is 5.00. The monoisotopic (exact) mass is 354 g/mol. The molecule has 5 rings (SSSR count). The quantitative estimate of drug-likeness (QED) is 0.765. The maximum absolute atomic E-state index is 12.6. The highest BCUT2D eigenvalue weighted by Gasteiger charge is 2.21. The number of pyridine rings is 1. The summed E-state index contributed by atoms with van der Waals surface area (Å²) in [4.78, 5) is 29.2. The van der Waals surface area contributed by atoms with Crippen molar-refractivity contribution < 1.29 is 4.74 Å². The number of aromatic nitrogens is 3. The fraction of sp³-hybridized carbons (Fsp3) is 0.389. The number of nitrogens with zero attached hydrogens (tertiary/aromatic N) is 3. The molecule has 2 aliphatic rings. The van der Waals surface area contributed by atoms with Crippen LogP contribution in [0.25, 0.3) is 21.6 Å². The number of rotatable bonds is 2. The van der Waals surface area contributed by atoms with E-state index in [1.54, 1.807) is 17.5 Å². The van der Waals surface area contributed by atoms with Crippen molar-refractivity contribution in [3.8, 4) is 11.4 Å². The van der Waals surface area contributed by atoms with Gasteiger partial charge in [-0.1, -0.05) is 0 Å². The van der Waals surface area contributed by atoms with Crippen molar-refractivity contribution in [1.29, 1.82) is 0 Å². The summed E-state index contributed by atoms with van der Waals surface area (Å²) in [7, 11) is 0. The number of ether oxygens (including phenoxy) is 1. The second kappa shape index (κ2) is 5.93. The van der Waals surface area contributed by atoms with Gasteiger partial charge in [-0.2, -0.15) is 0 Å². The minimum atomic E-state index is -0.0309. The Morgan fingerprint density at radius 3 is 2.88 bits per heavy atom. The van der Waals surface area contributed by atoms with Crippen LogP contribution in [0.15, 0.2) is 23.1 Å². The van der Waals surface area contributed by atoms with Gasteiger partial charge in [0.1, 0.15) is 16.5 Å². The fourth-order valence-corrected chi connectivity index (χ4v) is 4.91. The van der Waals surface area contributed by atoms with E-state index in [-0.39, 0.29) is 5.56 Å². The second-order valence-corrected chi connectivity index (χ2v) is 7.54. The van der Waals surface area contributed by atoms with Crippen LogP contribution in [0.2, 0.25) is 0 Å². The molecule has 0 bridgehead atoms. The first kappa shape index (κ1) is 15.0. The summed E-state index contributed by atoms with van der Waals surface area (Å²) in [6, 6.07) is 3.96. The van der Waals surface area contributed by atoms with Crippen molar-refractivity contribution >= 4 is 27.4 Å². The molecule has 0 saturated carbocycles. The van der Waals surface area contributed by atoms with E-state index in [2.05, 4.69) is 14.9 Å². The summed E-state index contributed by atoms with van der Waals surface area (Å²) in [6.45, 7) is 3.18. The molecule has 1 aliphatic heterocycles. The summed E-state index contributed by atoms with van der Waals surface area (Å²) >= 11 is 1.66. The van der Waals surface area contributed by atoms with Crippen molar-refractivity contribution in [2.75, 3.05) is 31.2 Å². The SMILES string of the molecule is O=c1[nH]c(-c2ccc(N3CCOCC3)nc2)nc2sc3c(c12)CCC3. The van der Waals surface area contributed by atoms with Crippen LogP contribution in [0.3, 0.4) is 0 Å². The van der Waals surface area contributed by atoms with Gasteiger partial charge in [-0.15, -0.1) is 11.3 Å². The molecular weight excluding hydrogens is 336 g/mol. The largest absolute Gasteiger partial charge is 0.378 e. The van der Waals surface area contributed by atoms with E-state index in [9.17, 15) is 4.79 Å². The molecule has 1 saturated heterocycles. The molecule has 7 heteroatoms. The fourth-order valence-electron chi connectivity index (χ4n) is 3.64. The predicted molar refractivity (Wildman–Crippen MR) is 98.5 cm³/mol. The highest BCUT2D eigenvalue weighted by Crippen LogP contribution is 2.35. The molecule has 25 heavy (non-hydrogen) atoms. The molecule has 128 valence electrons. The average molecular weight is 354 g/mol. The molecule has 3 aromatic heterocycles. The third-order valence-electron chi connectivity index (χ3n) is 4.93. The molecule has 0 atom stereocenters. The lowest BCUT2D eigenvalue weighted by Gasteiger charge is -2.27. The van der Waals surface area contributed by atoms with Gasteiger partial charge in [0, 0.05) is 29.7 Å². The van der Waals surface area contributed by atoms with E-state index < -0.39 is 0 Å². The first-order valence-corrected chi connectivity index (χ1v) is 9.45. The minimum Gasteiger partial charge on any atom is -0.378 e. The molecule has 1 N–H and O–H groups in total. The summed E-state index contributed by atoms with van der Waals surface area (Å²) in [5.41, 5.74) is 2.02. The van der Waals surface area contributed by atoms with Crippen molar-refractivity contribution in [2.24, 2.45) is 0 Å². The summed E-state index contributed by atoms with van der Waals surface area (Å²) < 4.78 is 5.38. The Bertz CT molecular complexity index is 987. The Morgan fingerprint density at radius 2 is 2.08 bits per heavy atom. The number of morpholine rings is 1. The number of aryl methyl sites for hydroxylation is 2. The number of hydrogen-bond donors (Lipinski definition) is 1. The van der Waals surface area contributed by atoms with Crippen LogP contribution in [0.4, 0.5) is 5.82 Å². The lowest BCUT2D eigenvalue weighted by molar-refractivity contribution is 0.122. The van der Waals surface area contributed by atoms with Crippen LogP contribution in [0.1, 0.15) is 16.9 Å². The molecule has 1 aliphatic carbocycles. The summed E-state index contributed by atoms with van der Waals surface area (Å²) in [5.74, 6) is 1.53. The Labute approximate surface area is 148 Å². The van der Waals surface area contributed by atoms with Gasteiger partial charge in [0.05, 0.1) is 18.6 Å². The van der Waals surface area contributed by atoms with E-state index in [0.717, 1.165) is 67.2 Å². The molecule has 1 fully saturated rings. The van der Waals surface area contributed by atoms with Crippen molar-refractivity contribution in [3.63, 3.8) is 0 Å². The molecule has 0 spiro atoms. The maximum atomic E-state index is 12.6. The molecule has 0 radical (unpaired) electrons. The second-order valence-electron chi connectivity index (χ2n) is 6.46. The Kier molecular flexibility index (Phi) is 3.57. The van der Waals surface area contributed by atoms with Gasteiger partial charge in [0.15, 0.2) is 0 Å². The molecule has 0 aromatic carbocycles. The molecule has 4 heterocycles. The average Bonchev–Trinajstić information content (AvgIpc) is 3.23. The van der Waals surface area contributed by atoms with Crippen LogP contribution in [0, 0.1) is 0 Å². The lowest BCUT2D eigenvalue weighted by atomic mass is 10.2. The topological polar surface area (TPSA) is 71.1 Å². The standard InChI is InChI=1S/C18H18N4O2S/c23-17-15-12-2-1-3-13(12)25-18(15)21-16(20-17)11-4-5-14(19-10-11)22-6-8-24-9-7-22/h4-5,10H,1-3,6-9H2,(H,20,21,23). The van der Waals surface area contributed by atoms with Gasteiger partial charge >= 0.3 is 0 Å². The number of thiophene rings is 1. The highest BCUT2D eigenvalue weighted by atomic mass is 32.1. The number of nitrogens with one attached hydrogen (secondary N) is 1. The zero-order chi connectivity index (χ0) is 16.8. The minimum absolute atomic E-state index is 0.0309. The first-order valence-electron chi connectivity index (χ1n) is 8.63. The van der Waals surface area contributed by atoms with Gasteiger partial charge in [-0.25, -0.2) is 9.97 Å². The third-order valence-corrected chi connectivity index (χ3v) is 6.12. The van der Waals surface area contributed by atoms with Gasteiger partial charge in [0.2, 0.25) is 0 Å². The van der Waals surface area contributed by atoms with Crippen LogP contribution in [-0.2, 0) is 17.6 Å². The van der Waals surface area contributed by atoms with Crippen LogP contribution in [0.5, 0.6) is 0 Å². The highest BCUT2D eigenvalue weighted by molar-refractivity contribution is 7.18. The number of H-pyrrole nitrogens is 1. The number of aromatic amines is 1. The van der Waals surface area contributed by atoms with Crippen LogP contribution in [-0.4, -0.2) is 41.3 Å². The third kappa shape index (κ3) is 2.54. The maximum Gasteiger partial charge on any atom is 0.260 e. The van der Waals surface area contributed by atoms with Crippen LogP contribution < -0.4 is 10.5 Å². The molecule has 6 nitrogen and oxygen atoms in total. The lowest BCUT2D eigenvalue weighted by Crippen LogP contribution is -2.36. The van der Waals surface area contributed by atoms with Crippen LogP contribution >= 0.6 is 11.3 Å². The van der Waals surface area contributed by atoms with Crippen molar-refractivity contribution in [3.05, 3.63) is 39.1 Å². The smallest absolute Gasteiger partial charge is 0.260 e. The van der Waals surface area contributed by atoms with Gasteiger partial charge < -0.3 is 14.6 Å². The van der Waals surface area contributed by atoms with E-state index in [4.69, 9.17) is 9.72 Å². The van der Waals surface area contributed by atoms with Gasteiger partial charge in [-0.05, 0) is 37.0 Å². The molecule has 0 amide bonds. The zero-order valence-corrected chi connectivity index (χ0v) is 14.6.